The van der Waals surface area contributed by atoms with E-state index in [1.54, 1.807) is 0 Å². The predicted molar refractivity (Wildman–Crippen MR) is 77.1 cm³/mol. The smallest absolute Gasteiger partial charge is 0.417 e. The first-order chi connectivity index (χ1) is 11.2. The number of rotatable bonds is 2. The lowest BCUT2D eigenvalue weighted by Crippen LogP contribution is -2.44. The number of nitrogens with one attached hydrogen (secondary N) is 1. The van der Waals surface area contributed by atoms with Crippen molar-refractivity contribution < 1.29 is 27.9 Å². The number of amides is 2. The number of benzene rings is 1. The highest BCUT2D eigenvalue weighted by Gasteiger charge is 2.34. The van der Waals surface area contributed by atoms with Crippen molar-refractivity contribution in [3.63, 3.8) is 0 Å². The Hall–Kier alpha value is -2.76. The van der Waals surface area contributed by atoms with Crippen molar-refractivity contribution in [3.8, 4) is 6.07 Å². The van der Waals surface area contributed by atoms with Gasteiger partial charge >= 0.3 is 18.2 Å². The van der Waals surface area contributed by atoms with Crippen LogP contribution in [0, 0.1) is 17.2 Å². The Labute approximate surface area is 135 Å². The highest BCUT2D eigenvalue weighted by molar-refractivity contribution is 5.90. The molecule has 0 aromatic heterocycles. The summed E-state index contributed by atoms with van der Waals surface area (Å²) in [7, 11) is 0. The molecule has 1 unspecified atom stereocenters. The maximum Gasteiger partial charge on any atom is 0.417 e. The molecule has 128 valence electrons. The normalized spacial score (nSPS) is 17.9. The van der Waals surface area contributed by atoms with Crippen LogP contribution in [-0.2, 0) is 11.0 Å². The predicted octanol–water partition coefficient (Wildman–Crippen LogP) is 2.91. The standard InChI is InChI=1S/C15H14F3N3O3/c16-15(17,18)12-6-11(4-3-9(12)7-19)20-14(24)21-5-1-2-10(8-21)13(22)23/h3-4,6,10H,1-2,5,8H2,(H,20,24)(H,22,23). The monoisotopic (exact) mass is 341 g/mol. The van der Waals surface area contributed by atoms with Gasteiger partial charge in [-0.25, -0.2) is 4.79 Å². The number of hydrogen-bond acceptors (Lipinski definition) is 3. The maximum atomic E-state index is 12.9. The van der Waals surface area contributed by atoms with Crippen molar-refractivity contribution in [2.45, 2.75) is 19.0 Å². The van der Waals surface area contributed by atoms with Crippen LogP contribution >= 0.6 is 0 Å². The van der Waals surface area contributed by atoms with Crippen LogP contribution in [0.2, 0.25) is 0 Å². The molecule has 0 aliphatic carbocycles. The number of nitriles is 1. The highest BCUT2D eigenvalue weighted by atomic mass is 19.4. The summed E-state index contributed by atoms with van der Waals surface area (Å²) in [5.41, 5.74) is -1.78. The molecule has 2 N–H and O–H groups in total. The summed E-state index contributed by atoms with van der Waals surface area (Å²) in [6.45, 7) is 0.335. The fourth-order valence-corrected chi connectivity index (χ4v) is 2.52. The third-order valence-corrected chi connectivity index (χ3v) is 3.75. The molecule has 1 aromatic carbocycles. The Balaban J connectivity index is 2.15. The molecular weight excluding hydrogens is 327 g/mol. The Morgan fingerprint density at radius 3 is 2.67 bits per heavy atom. The number of carbonyl (C=O) groups is 2. The molecule has 0 radical (unpaired) electrons. The third kappa shape index (κ3) is 3.95. The second kappa shape index (κ2) is 6.78. The zero-order valence-electron chi connectivity index (χ0n) is 12.4. The first kappa shape index (κ1) is 17.6. The molecule has 6 nitrogen and oxygen atoms in total. The van der Waals surface area contributed by atoms with E-state index < -0.39 is 35.2 Å². The van der Waals surface area contributed by atoms with Gasteiger partial charge in [-0.15, -0.1) is 0 Å². The number of urea groups is 1. The number of carboxylic acid groups (broad SMARTS) is 1. The second-order valence-electron chi connectivity index (χ2n) is 5.42. The molecule has 2 amide bonds. The van der Waals surface area contributed by atoms with Gasteiger partial charge in [0.05, 0.1) is 23.1 Å². The molecule has 1 saturated heterocycles. The summed E-state index contributed by atoms with van der Waals surface area (Å²) in [5, 5.41) is 20.1. The SMILES string of the molecule is N#Cc1ccc(NC(=O)N2CCCC(C(=O)O)C2)cc1C(F)(F)F. The van der Waals surface area contributed by atoms with Crippen LogP contribution in [0.5, 0.6) is 0 Å². The van der Waals surface area contributed by atoms with Gasteiger partial charge in [0.25, 0.3) is 0 Å². The van der Waals surface area contributed by atoms with Crippen LogP contribution in [0.25, 0.3) is 0 Å². The van der Waals surface area contributed by atoms with Crippen molar-refractivity contribution >= 4 is 17.7 Å². The number of piperidine rings is 1. The van der Waals surface area contributed by atoms with E-state index in [4.69, 9.17) is 10.4 Å². The van der Waals surface area contributed by atoms with Crippen molar-refractivity contribution in [1.29, 1.82) is 5.26 Å². The maximum absolute atomic E-state index is 12.9. The van der Waals surface area contributed by atoms with E-state index in [0.717, 1.165) is 6.07 Å². The van der Waals surface area contributed by atoms with Gasteiger partial charge in [0, 0.05) is 18.8 Å². The summed E-state index contributed by atoms with van der Waals surface area (Å²) < 4.78 is 38.7. The molecule has 0 saturated carbocycles. The van der Waals surface area contributed by atoms with Gasteiger partial charge in [-0.3, -0.25) is 4.79 Å². The average molecular weight is 341 g/mol. The summed E-state index contributed by atoms with van der Waals surface area (Å²) in [6, 6.07) is 3.66. The molecule has 1 aliphatic heterocycles. The fraction of sp³-hybridized carbons (Fsp3) is 0.400. The largest absolute Gasteiger partial charge is 0.481 e. The van der Waals surface area contributed by atoms with Gasteiger partial charge in [0.15, 0.2) is 0 Å². The first-order valence-electron chi connectivity index (χ1n) is 7.12. The van der Waals surface area contributed by atoms with Gasteiger partial charge in [-0.05, 0) is 31.0 Å². The Morgan fingerprint density at radius 2 is 2.08 bits per heavy atom. The number of likely N-dealkylation sites (tertiary alicyclic amines) is 1. The lowest BCUT2D eigenvalue weighted by molar-refractivity contribution is -0.143. The number of halogens is 3. The van der Waals surface area contributed by atoms with Crippen LogP contribution in [0.1, 0.15) is 24.0 Å². The van der Waals surface area contributed by atoms with E-state index in [9.17, 15) is 22.8 Å². The average Bonchev–Trinajstić information content (AvgIpc) is 2.54. The topological polar surface area (TPSA) is 93.4 Å². The molecule has 1 aromatic rings. The van der Waals surface area contributed by atoms with Crippen LogP contribution in [0.15, 0.2) is 18.2 Å². The minimum absolute atomic E-state index is 0.00355. The molecule has 1 heterocycles. The van der Waals surface area contributed by atoms with Crippen molar-refractivity contribution in [3.05, 3.63) is 29.3 Å². The van der Waals surface area contributed by atoms with E-state index >= 15 is 0 Å². The highest BCUT2D eigenvalue weighted by Crippen LogP contribution is 2.33. The Morgan fingerprint density at radius 1 is 1.38 bits per heavy atom. The minimum atomic E-state index is -4.72. The van der Waals surface area contributed by atoms with Crippen molar-refractivity contribution in [2.24, 2.45) is 5.92 Å². The number of nitrogens with zero attached hydrogens (tertiary/aromatic N) is 2. The molecule has 24 heavy (non-hydrogen) atoms. The molecule has 0 spiro atoms. The molecular formula is C15H14F3N3O3. The Kier molecular flexibility index (Phi) is 4.97. The van der Waals surface area contributed by atoms with Crippen LogP contribution < -0.4 is 5.32 Å². The summed E-state index contributed by atoms with van der Waals surface area (Å²) in [5.74, 6) is -1.69. The number of hydrogen-bond donors (Lipinski definition) is 2. The van der Waals surface area contributed by atoms with E-state index in [0.29, 0.717) is 25.5 Å². The van der Waals surface area contributed by atoms with Crippen LogP contribution in [-0.4, -0.2) is 35.1 Å². The molecule has 0 bridgehead atoms. The number of alkyl halides is 3. The molecule has 2 rings (SSSR count). The summed E-state index contributed by atoms with van der Waals surface area (Å²) >= 11 is 0. The van der Waals surface area contributed by atoms with Gasteiger partial charge in [-0.1, -0.05) is 0 Å². The quantitative estimate of drug-likeness (QED) is 0.865. The van der Waals surface area contributed by atoms with Crippen molar-refractivity contribution in [2.75, 3.05) is 18.4 Å². The van der Waals surface area contributed by atoms with Crippen LogP contribution in [0.3, 0.4) is 0 Å². The number of aliphatic carboxylic acids is 1. The molecule has 9 heteroatoms. The second-order valence-corrected chi connectivity index (χ2v) is 5.42. The van der Waals surface area contributed by atoms with E-state index in [1.807, 2.05) is 0 Å². The zero-order valence-corrected chi connectivity index (χ0v) is 12.4. The van der Waals surface area contributed by atoms with Gasteiger partial charge in [0.2, 0.25) is 0 Å². The molecule has 1 aliphatic rings. The van der Waals surface area contributed by atoms with Gasteiger partial charge in [0.1, 0.15) is 0 Å². The molecule has 1 atom stereocenters. The Bertz CT molecular complexity index is 697. The van der Waals surface area contributed by atoms with Crippen LogP contribution in [0.4, 0.5) is 23.7 Å². The lowest BCUT2D eigenvalue weighted by atomic mass is 9.99. The van der Waals surface area contributed by atoms with E-state index in [1.165, 1.54) is 17.0 Å². The minimum Gasteiger partial charge on any atom is -0.481 e. The van der Waals surface area contributed by atoms with E-state index in [-0.39, 0.29) is 12.2 Å². The summed E-state index contributed by atoms with van der Waals surface area (Å²) in [6.07, 6.45) is -3.76. The first-order valence-corrected chi connectivity index (χ1v) is 7.12. The zero-order chi connectivity index (χ0) is 17.9. The fourth-order valence-electron chi connectivity index (χ4n) is 2.52. The van der Waals surface area contributed by atoms with Crippen molar-refractivity contribution in [1.82, 2.24) is 4.90 Å². The van der Waals surface area contributed by atoms with E-state index in [2.05, 4.69) is 5.32 Å². The van der Waals surface area contributed by atoms with Gasteiger partial charge < -0.3 is 15.3 Å². The van der Waals surface area contributed by atoms with Gasteiger partial charge in [-0.2, -0.15) is 18.4 Å². The lowest BCUT2D eigenvalue weighted by Gasteiger charge is -2.30. The molecule has 1 fully saturated rings. The summed E-state index contributed by atoms with van der Waals surface area (Å²) in [4.78, 5) is 24.4. The number of anilines is 1. The number of carbonyl (C=O) groups excluding carboxylic acids is 1. The number of carboxylic acids is 1. The third-order valence-electron chi connectivity index (χ3n) is 3.75.